The molecule has 2 aromatic rings. The molecule has 0 spiro atoms. The second-order valence-corrected chi connectivity index (χ2v) is 6.58. The minimum absolute atomic E-state index is 0.0990. The van der Waals surface area contributed by atoms with Crippen LogP contribution in [0.2, 0.25) is 0 Å². The molecule has 3 N–H and O–H groups in total. The highest BCUT2D eigenvalue weighted by Crippen LogP contribution is 2.31. The second-order valence-electron chi connectivity index (χ2n) is 6.58. The zero-order valence-electron chi connectivity index (χ0n) is 14.2. The lowest BCUT2D eigenvalue weighted by Crippen LogP contribution is -2.27. The number of halogens is 1. The molecule has 0 saturated carbocycles. The van der Waals surface area contributed by atoms with Crippen LogP contribution in [-0.2, 0) is 4.79 Å². The molecule has 25 heavy (non-hydrogen) atoms. The van der Waals surface area contributed by atoms with Gasteiger partial charge in [0.15, 0.2) is 0 Å². The van der Waals surface area contributed by atoms with Crippen LogP contribution in [0.5, 0.6) is 0 Å². The first-order chi connectivity index (χ1) is 12.2. The zero-order valence-corrected chi connectivity index (χ0v) is 14.2. The highest BCUT2D eigenvalue weighted by molar-refractivity contribution is 5.90. The van der Waals surface area contributed by atoms with Crippen LogP contribution in [0.3, 0.4) is 0 Å². The number of carbonyl (C=O) groups is 1. The number of nitrogens with one attached hydrogen (secondary N) is 1. The number of amides is 1. The van der Waals surface area contributed by atoms with E-state index in [4.69, 9.17) is 5.73 Å². The standard InChI is InChI=1S/C20H24FN3O/c21-17-7-4-8-18(11-17)23-20(25)9-10-24-13-16(12-22)19(14-24)15-5-2-1-3-6-15/h1-8,11,16,19H,9-10,12-14,22H2,(H,23,25)/t16-,19+/m1/s1. The van der Waals surface area contributed by atoms with Crippen molar-refractivity contribution < 1.29 is 9.18 Å². The van der Waals surface area contributed by atoms with Crippen LogP contribution in [0.25, 0.3) is 0 Å². The summed E-state index contributed by atoms with van der Waals surface area (Å²) >= 11 is 0. The predicted octanol–water partition coefficient (Wildman–Crippen LogP) is 2.83. The normalized spacial score (nSPS) is 20.6. The Kier molecular flexibility index (Phi) is 5.79. The Balaban J connectivity index is 1.52. The number of rotatable bonds is 6. The fourth-order valence-electron chi connectivity index (χ4n) is 3.51. The maximum atomic E-state index is 13.2. The van der Waals surface area contributed by atoms with E-state index < -0.39 is 0 Å². The molecule has 0 bridgehead atoms. The van der Waals surface area contributed by atoms with E-state index >= 15 is 0 Å². The lowest BCUT2D eigenvalue weighted by atomic mass is 9.89. The number of carbonyl (C=O) groups excluding carboxylic acids is 1. The van der Waals surface area contributed by atoms with Crippen LogP contribution in [0.1, 0.15) is 17.9 Å². The third-order valence-corrected chi connectivity index (χ3v) is 4.81. The van der Waals surface area contributed by atoms with Crippen molar-refractivity contribution in [1.29, 1.82) is 0 Å². The summed E-state index contributed by atoms with van der Waals surface area (Å²) in [7, 11) is 0. The van der Waals surface area contributed by atoms with Crippen molar-refractivity contribution in [3.8, 4) is 0 Å². The zero-order chi connectivity index (χ0) is 17.6. The van der Waals surface area contributed by atoms with Gasteiger partial charge in [-0.05, 0) is 36.2 Å². The van der Waals surface area contributed by atoms with Gasteiger partial charge in [-0.1, -0.05) is 36.4 Å². The number of benzene rings is 2. The molecular weight excluding hydrogens is 317 g/mol. The maximum absolute atomic E-state index is 13.2. The quantitative estimate of drug-likeness (QED) is 0.849. The highest BCUT2D eigenvalue weighted by Gasteiger charge is 2.32. The fraction of sp³-hybridized carbons (Fsp3) is 0.350. The van der Waals surface area contributed by atoms with E-state index in [1.807, 2.05) is 6.07 Å². The minimum atomic E-state index is -0.353. The molecule has 0 aliphatic carbocycles. The van der Waals surface area contributed by atoms with E-state index in [1.165, 1.54) is 17.7 Å². The van der Waals surface area contributed by atoms with Crippen molar-refractivity contribution >= 4 is 11.6 Å². The Morgan fingerprint density at radius 3 is 2.68 bits per heavy atom. The van der Waals surface area contributed by atoms with Gasteiger partial charge in [-0.15, -0.1) is 0 Å². The van der Waals surface area contributed by atoms with Gasteiger partial charge >= 0.3 is 0 Å². The summed E-state index contributed by atoms with van der Waals surface area (Å²) < 4.78 is 13.2. The van der Waals surface area contributed by atoms with Gasteiger partial charge in [0.1, 0.15) is 5.82 Å². The number of nitrogens with two attached hydrogens (primary N) is 1. The minimum Gasteiger partial charge on any atom is -0.330 e. The summed E-state index contributed by atoms with van der Waals surface area (Å²) in [6, 6.07) is 16.4. The molecule has 1 heterocycles. The molecule has 132 valence electrons. The number of nitrogens with zero attached hydrogens (tertiary/aromatic N) is 1. The molecule has 0 unspecified atom stereocenters. The molecule has 1 amide bonds. The molecule has 1 fully saturated rings. The third kappa shape index (κ3) is 4.65. The summed E-state index contributed by atoms with van der Waals surface area (Å²) in [5, 5.41) is 2.74. The van der Waals surface area contributed by atoms with Gasteiger partial charge in [0.25, 0.3) is 0 Å². The van der Waals surface area contributed by atoms with Gasteiger partial charge in [0.05, 0.1) is 0 Å². The van der Waals surface area contributed by atoms with Crippen LogP contribution < -0.4 is 11.1 Å². The van der Waals surface area contributed by atoms with E-state index in [-0.39, 0.29) is 11.7 Å². The molecule has 1 aliphatic heterocycles. The van der Waals surface area contributed by atoms with E-state index in [9.17, 15) is 9.18 Å². The molecule has 0 radical (unpaired) electrons. The average Bonchev–Trinajstić information content (AvgIpc) is 3.04. The Bertz CT molecular complexity index is 707. The number of hydrogen-bond donors (Lipinski definition) is 2. The lowest BCUT2D eigenvalue weighted by molar-refractivity contribution is -0.116. The van der Waals surface area contributed by atoms with Gasteiger partial charge < -0.3 is 16.0 Å². The van der Waals surface area contributed by atoms with E-state index in [1.54, 1.807) is 12.1 Å². The monoisotopic (exact) mass is 341 g/mol. The fourth-order valence-corrected chi connectivity index (χ4v) is 3.51. The molecular formula is C20H24FN3O. The lowest BCUT2D eigenvalue weighted by Gasteiger charge is -2.16. The van der Waals surface area contributed by atoms with Gasteiger partial charge in [-0.2, -0.15) is 0 Å². The summed E-state index contributed by atoms with van der Waals surface area (Å²) in [5.41, 5.74) is 7.76. The molecule has 4 nitrogen and oxygen atoms in total. The largest absolute Gasteiger partial charge is 0.330 e. The summed E-state index contributed by atoms with van der Waals surface area (Å²) in [6.45, 7) is 3.15. The molecule has 0 aromatic heterocycles. The molecule has 1 aliphatic rings. The van der Waals surface area contributed by atoms with Gasteiger partial charge in [-0.3, -0.25) is 4.79 Å². The van der Waals surface area contributed by atoms with Crippen molar-refractivity contribution in [1.82, 2.24) is 4.90 Å². The molecule has 2 atom stereocenters. The van der Waals surface area contributed by atoms with Crippen molar-refractivity contribution in [3.63, 3.8) is 0 Å². The number of hydrogen-bond acceptors (Lipinski definition) is 3. The maximum Gasteiger partial charge on any atom is 0.225 e. The summed E-state index contributed by atoms with van der Waals surface area (Å²) in [4.78, 5) is 14.4. The highest BCUT2D eigenvalue weighted by atomic mass is 19.1. The topological polar surface area (TPSA) is 58.4 Å². The third-order valence-electron chi connectivity index (χ3n) is 4.81. The first kappa shape index (κ1) is 17.6. The Hall–Kier alpha value is -2.24. The number of likely N-dealkylation sites (tertiary alicyclic amines) is 1. The van der Waals surface area contributed by atoms with Crippen molar-refractivity contribution in [2.24, 2.45) is 11.7 Å². The smallest absolute Gasteiger partial charge is 0.225 e. The molecule has 3 rings (SSSR count). The van der Waals surface area contributed by atoms with Crippen LogP contribution >= 0.6 is 0 Å². The molecule has 1 saturated heterocycles. The number of anilines is 1. The van der Waals surface area contributed by atoms with Gasteiger partial charge in [0, 0.05) is 37.7 Å². The van der Waals surface area contributed by atoms with Gasteiger partial charge in [0.2, 0.25) is 5.91 Å². The van der Waals surface area contributed by atoms with Crippen molar-refractivity contribution in [2.45, 2.75) is 12.3 Å². The van der Waals surface area contributed by atoms with Crippen molar-refractivity contribution in [3.05, 3.63) is 66.0 Å². The van der Waals surface area contributed by atoms with E-state index in [0.717, 1.165) is 13.1 Å². The Morgan fingerprint density at radius 2 is 1.96 bits per heavy atom. The van der Waals surface area contributed by atoms with Crippen LogP contribution in [0.4, 0.5) is 10.1 Å². The van der Waals surface area contributed by atoms with E-state index in [2.05, 4.69) is 34.5 Å². The first-order valence-electron chi connectivity index (χ1n) is 8.68. The van der Waals surface area contributed by atoms with Crippen LogP contribution in [0.15, 0.2) is 54.6 Å². The average molecular weight is 341 g/mol. The van der Waals surface area contributed by atoms with Crippen LogP contribution in [0, 0.1) is 11.7 Å². The Labute approximate surface area is 147 Å². The second kappa shape index (κ2) is 8.23. The summed E-state index contributed by atoms with van der Waals surface area (Å²) in [5.74, 6) is 0.373. The van der Waals surface area contributed by atoms with Crippen LogP contribution in [-0.4, -0.2) is 37.0 Å². The predicted molar refractivity (Wildman–Crippen MR) is 97.8 cm³/mol. The van der Waals surface area contributed by atoms with Gasteiger partial charge in [-0.25, -0.2) is 4.39 Å². The molecule has 2 aromatic carbocycles. The Morgan fingerprint density at radius 1 is 1.16 bits per heavy atom. The van der Waals surface area contributed by atoms with Crippen molar-refractivity contribution in [2.75, 3.05) is 31.5 Å². The summed E-state index contributed by atoms with van der Waals surface area (Å²) in [6.07, 6.45) is 0.384. The van der Waals surface area contributed by atoms with E-state index in [0.29, 0.717) is 37.0 Å². The SMILES string of the molecule is NC[C@@H]1CN(CCC(=O)Nc2cccc(F)c2)C[C@H]1c1ccccc1. The first-order valence-corrected chi connectivity index (χ1v) is 8.68. The molecule has 5 heteroatoms.